The highest BCUT2D eigenvalue weighted by atomic mass is 35.5. The van der Waals surface area contributed by atoms with E-state index in [2.05, 4.69) is 10.6 Å². The summed E-state index contributed by atoms with van der Waals surface area (Å²) in [5.41, 5.74) is -3.32. The van der Waals surface area contributed by atoms with Crippen LogP contribution >= 0.6 is 31.0 Å². The van der Waals surface area contributed by atoms with Gasteiger partial charge in [-0.05, 0) is 104 Å². The number of unbranched alkanes of at least 4 members (excludes halogenated alkanes) is 1. The maximum absolute atomic E-state index is 13.9. The third kappa shape index (κ3) is 13.1. The van der Waals surface area contributed by atoms with Crippen molar-refractivity contribution in [1.29, 1.82) is 0 Å². The van der Waals surface area contributed by atoms with Crippen molar-refractivity contribution in [3.8, 4) is 11.5 Å². The zero-order valence-corrected chi connectivity index (χ0v) is 33.8. The van der Waals surface area contributed by atoms with Crippen molar-refractivity contribution >= 4 is 48.8 Å². The third-order valence-electron chi connectivity index (χ3n) is 8.68. The summed E-state index contributed by atoms with van der Waals surface area (Å²) in [5, 5.41) is 5.87. The molecule has 17 heteroatoms. The van der Waals surface area contributed by atoms with Gasteiger partial charge in [0, 0.05) is 30.5 Å². The number of benzene rings is 2. The highest BCUT2D eigenvalue weighted by Crippen LogP contribution is 2.55. The Kier molecular flexibility index (Phi) is 14.5. The maximum Gasteiger partial charge on any atom is 0.475 e. The van der Waals surface area contributed by atoms with Gasteiger partial charge in [0.2, 0.25) is 0 Å². The van der Waals surface area contributed by atoms with E-state index in [0.29, 0.717) is 38.5 Å². The number of nitrogens with one attached hydrogen (secondary N) is 2. The van der Waals surface area contributed by atoms with E-state index in [1.165, 1.54) is 24.3 Å². The fourth-order valence-corrected chi connectivity index (χ4v) is 8.44. The number of carbonyl (C=O) groups excluding carboxylic acids is 3. The molecule has 12 nitrogen and oxygen atoms in total. The van der Waals surface area contributed by atoms with E-state index in [0.717, 1.165) is 12.1 Å². The van der Waals surface area contributed by atoms with Crippen LogP contribution in [0.5, 0.6) is 11.5 Å². The van der Waals surface area contributed by atoms with Crippen molar-refractivity contribution in [1.82, 2.24) is 10.6 Å². The standard InChI is InChI=1S/C37H49Cl2F2N2O10P/c1-34(2,3)52-54(47,53-35(4,5)6)50-18-8-7-9-33(46)51-30-21-36(42-31(44)22-48-24-10-12-26(38)28(40)19-24)14-16-37(30,17-15-36)43-32(45)23-49-25-11-13-27(39)29(41)20-25/h10-13,19-20,30H,7-9,14-18,21-23H2,1-6H3,(H,42,44)(H,43,45). The number of hydrogen-bond acceptors (Lipinski definition) is 10. The van der Waals surface area contributed by atoms with Gasteiger partial charge in [-0.25, -0.2) is 13.3 Å². The topological polar surface area (TPSA) is 148 Å². The second kappa shape index (κ2) is 17.9. The first kappa shape index (κ1) is 43.7. The fraction of sp³-hybridized carbons (Fsp3) is 0.595. The minimum atomic E-state index is -3.92. The normalized spacial score (nSPS) is 21.3. The van der Waals surface area contributed by atoms with Crippen LogP contribution in [0, 0.1) is 11.6 Å². The summed E-state index contributed by atoms with van der Waals surface area (Å²) >= 11 is 11.5. The molecule has 2 aromatic rings. The zero-order chi connectivity index (χ0) is 40.0. The lowest BCUT2D eigenvalue weighted by atomic mass is 9.59. The molecule has 3 fully saturated rings. The van der Waals surface area contributed by atoms with E-state index < -0.39 is 78.8 Å². The molecule has 1 unspecified atom stereocenters. The van der Waals surface area contributed by atoms with Crippen LogP contribution in [0.25, 0.3) is 0 Å². The Bertz CT molecular complexity index is 1690. The molecule has 1 atom stereocenters. The Balaban J connectivity index is 1.38. The largest absolute Gasteiger partial charge is 0.484 e. The first-order valence-corrected chi connectivity index (χ1v) is 19.9. The zero-order valence-electron chi connectivity index (χ0n) is 31.4. The first-order valence-electron chi connectivity index (χ1n) is 17.7. The molecule has 0 spiro atoms. The first-order chi connectivity index (χ1) is 25.1. The molecule has 2 aromatic carbocycles. The monoisotopic (exact) mass is 820 g/mol. The van der Waals surface area contributed by atoms with Gasteiger partial charge in [-0.1, -0.05) is 23.2 Å². The van der Waals surface area contributed by atoms with Crippen molar-refractivity contribution in [2.75, 3.05) is 19.8 Å². The van der Waals surface area contributed by atoms with E-state index in [9.17, 15) is 27.7 Å². The number of carbonyl (C=O) groups is 3. The van der Waals surface area contributed by atoms with Gasteiger partial charge < -0.3 is 24.8 Å². The van der Waals surface area contributed by atoms with E-state index in [1.54, 1.807) is 41.5 Å². The summed E-state index contributed by atoms with van der Waals surface area (Å²) in [6.45, 7) is 9.58. The summed E-state index contributed by atoms with van der Waals surface area (Å²) in [6, 6.07) is 7.68. The van der Waals surface area contributed by atoms with Crippen LogP contribution in [0.4, 0.5) is 8.78 Å². The molecule has 54 heavy (non-hydrogen) atoms. The van der Waals surface area contributed by atoms with Gasteiger partial charge in [0.1, 0.15) is 29.2 Å². The number of ether oxygens (including phenoxy) is 3. The molecular formula is C37H49Cl2F2N2O10P. The minimum Gasteiger partial charge on any atom is -0.484 e. The molecule has 3 saturated carbocycles. The molecule has 300 valence electrons. The summed E-state index contributed by atoms with van der Waals surface area (Å²) < 4.78 is 75.0. The Morgan fingerprint density at radius 1 is 0.796 bits per heavy atom. The Labute approximate surface area is 324 Å². The van der Waals surface area contributed by atoms with Crippen LogP contribution in [-0.4, -0.2) is 66.0 Å². The number of amides is 2. The molecule has 0 saturated heterocycles. The number of esters is 1. The van der Waals surface area contributed by atoms with Gasteiger partial charge >= 0.3 is 13.8 Å². The number of halogens is 4. The van der Waals surface area contributed by atoms with Gasteiger partial charge in [-0.3, -0.25) is 28.0 Å². The summed E-state index contributed by atoms with van der Waals surface area (Å²) in [5.74, 6) is -2.64. The Hall–Kier alpha value is -3.00. The highest BCUT2D eigenvalue weighted by molar-refractivity contribution is 7.48. The lowest BCUT2D eigenvalue weighted by Crippen LogP contribution is -2.71. The minimum absolute atomic E-state index is 0.00244. The molecule has 2 N–H and O–H groups in total. The van der Waals surface area contributed by atoms with E-state index in [1.807, 2.05) is 0 Å². The van der Waals surface area contributed by atoms with Crippen LogP contribution in [0.2, 0.25) is 10.0 Å². The molecule has 0 aliphatic heterocycles. The van der Waals surface area contributed by atoms with Gasteiger partial charge in [0.05, 0.1) is 33.4 Å². The van der Waals surface area contributed by atoms with E-state index in [-0.39, 0.29) is 41.0 Å². The van der Waals surface area contributed by atoms with Crippen molar-refractivity contribution in [2.45, 2.75) is 121 Å². The Morgan fingerprint density at radius 2 is 1.30 bits per heavy atom. The molecule has 0 heterocycles. The molecule has 3 aliphatic rings. The predicted octanol–water partition coefficient (Wildman–Crippen LogP) is 8.25. The number of fused-ring (bicyclic) bond motifs is 3. The molecular weight excluding hydrogens is 772 g/mol. The van der Waals surface area contributed by atoms with E-state index in [4.69, 9.17) is 51.0 Å². The quantitative estimate of drug-likeness (QED) is 0.0908. The van der Waals surface area contributed by atoms with Crippen molar-refractivity contribution in [3.63, 3.8) is 0 Å². The van der Waals surface area contributed by atoms with Gasteiger partial charge in [0.25, 0.3) is 11.8 Å². The predicted molar refractivity (Wildman–Crippen MR) is 198 cm³/mol. The lowest BCUT2D eigenvalue weighted by molar-refractivity contribution is -0.167. The van der Waals surface area contributed by atoms with Gasteiger partial charge in [0.15, 0.2) is 13.2 Å². The molecule has 3 aliphatic carbocycles. The average molecular weight is 822 g/mol. The lowest BCUT2D eigenvalue weighted by Gasteiger charge is -2.57. The van der Waals surface area contributed by atoms with Crippen LogP contribution in [0.3, 0.4) is 0 Å². The third-order valence-corrected chi connectivity index (χ3v) is 11.3. The maximum atomic E-state index is 13.9. The number of hydrogen-bond donors (Lipinski definition) is 2. The molecule has 2 amide bonds. The molecule has 0 aromatic heterocycles. The number of phosphoric ester groups is 1. The van der Waals surface area contributed by atoms with Gasteiger partial charge in [-0.2, -0.15) is 0 Å². The number of rotatable bonds is 17. The van der Waals surface area contributed by atoms with Crippen molar-refractivity contribution < 1.29 is 55.5 Å². The SMILES string of the molecule is CC(C)(C)OP(=O)(OCCCCC(=O)OC1CC2(NC(=O)COc3ccc(Cl)c(F)c3)CCC1(NC(=O)COc1ccc(Cl)c(F)c1)CC2)OC(C)(C)C. The Morgan fingerprint density at radius 3 is 1.78 bits per heavy atom. The fourth-order valence-electron chi connectivity index (χ4n) is 6.37. The van der Waals surface area contributed by atoms with Crippen LogP contribution in [0.1, 0.15) is 92.9 Å². The van der Waals surface area contributed by atoms with Crippen LogP contribution in [0.15, 0.2) is 36.4 Å². The summed E-state index contributed by atoms with van der Waals surface area (Å²) in [7, 11) is -3.92. The summed E-state index contributed by atoms with van der Waals surface area (Å²) in [4.78, 5) is 39.5. The molecule has 2 bridgehead atoms. The molecule has 5 rings (SSSR count). The smallest absolute Gasteiger partial charge is 0.475 e. The second-order valence-electron chi connectivity index (χ2n) is 15.6. The molecule has 0 radical (unpaired) electrons. The average Bonchev–Trinajstić information content (AvgIpc) is 3.04. The highest BCUT2D eigenvalue weighted by Gasteiger charge is 2.57. The van der Waals surface area contributed by atoms with Crippen molar-refractivity contribution in [3.05, 3.63) is 58.1 Å². The van der Waals surface area contributed by atoms with Crippen molar-refractivity contribution in [2.24, 2.45) is 0 Å². The van der Waals surface area contributed by atoms with Crippen LogP contribution in [-0.2, 0) is 37.3 Å². The van der Waals surface area contributed by atoms with Crippen LogP contribution < -0.4 is 20.1 Å². The van der Waals surface area contributed by atoms with Gasteiger partial charge in [-0.15, -0.1) is 0 Å². The number of phosphoric acid groups is 1. The van der Waals surface area contributed by atoms with E-state index >= 15 is 0 Å². The summed E-state index contributed by atoms with van der Waals surface area (Å²) in [6.07, 6.45) is 1.66. The second-order valence-corrected chi connectivity index (χ2v) is 17.9.